The fraction of sp³-hybridized carbons (Fsp3) is 0.341. The van der Waals surface area contributed by atoms with Gasteiger partial charge in [0.2, 0.25) is 5.91 Å². The highest BCUT2D eigenvalue weighted by Crippen LogP contribution is 2.30. The molecule has 0 aliphatic carbocycles. The Labute approximate surface area is 347 Å². The highest BCUT2D eigenvalue weighted by molar-refractivity contribution is 7.90. The van der Waals surface area contributed by atoms with Crippen molar-refractivity contribution in [2.75, 3.05) is 13.2 Å². The maximum Gasteiger partial charge on any atom is 0.411 e. The van der Waals surface area contributed by atoms with Crippen LogP contribution in [0.1, 0.15) is 46.6 Å². The Bertz CT molecular complexity index is 2230. The average molecular weight is 856 g/mol. The number of amides is 3. The SMILES string of the molecule is CC(C)COc1ccc(C[C@H](NC(=O)[C@@H]2C[C@H](Oc3ccc(-c4ccc(Cl)cc4)cc3)CN2C(=O)OC(C)(C)C)C(=O)NS(=O)(=O)c2ccc(Cl)c([N+](=O)[O-])c2)cc1. The standard InChI is InChI=1S/C41H44Cl2N4O10S/c1-25(2)24-55-30-14-6-26(7-15-30)20-35(38(48)45-58(53,54)33-18-19-34(43)36(22-33)47(51)52)44-39(49)37-21-32(23-46(37)40(50)57-41(3,4)5)56-31-16-10-28(11-17-31)27-8-12-29(42)13-9-27/h6-19,22,25,32,35,37H,20-21,23-24H2,1-5H3,(H,44,49)(H,45,48)/t32-,35-,37-/m0/s1. The summed E-state index contributed by atoms with van der Waals surface area (Å²) in [6.07, 6.45) is -1.64. The van der Waals surface area contributed by atoms with Crippen LogP contribution in [0.3, 0.4) is 0 Å². The summed E-state index contributed by atoms with van der Waals surface area (Å²) in [5.41, 5.74) is 0.810. The molecular formula is C41H44Cl2N4O10S. The van der Waals surface area contributed by atoms with Gasteiger partial charge in [-0.15, -0.1) is 0 Å². The second-order valence-corrected chi connectivity index (χ2v) is 17.6. The third-order valence-electron chi connectivity index (χ3n) is 8.77. The quantitative estimate of drug-likeness (QED) is 0.0947. The van der Waals surface area contributed by atoms with Crippen LogP contribution in [0.4, 0.5) is 10.5 Å². The lowest BCUT2D eigenvalue weighted by molar-refractivity contribution is -0.384. The topological polar surface area (TPSA) is 183 Å². The zero-order valence-electron chi connectivity index (χ0n) is 32.4. The molecule has 1 heterocycles. The van der Waals surface area contributed by atoms with Gasteiger partial charge < -0.3 is 19.5 Å². The predicted octanol–water partition coefficient (Wildman–Crippen LogP) is 7.59. The number of ether oxygens (including phenoxy) is 3. The van der Waals surface area contributed by atoms with Crippen molar-refractivity contribution in [2.24, 2.45) is 5.92 Å². The maximum atomic E-state index is 14.2. The monoisotopic (exact) mass is 854 g/mol. The molecule has 1 aliphatic heterocycles. The Hall–Kier alpha value is -5.38. The first-order valence-corrected chi connectivity index (χ1v) is 20.6. The van der Waals surface area contributed by atoms with Crippen LogP contribution >= 0.6 is 23.2 Å². The average Bonchev–Trinajstić information content (AvgIpc) is 3.58. The van der Waals surface area contributed by atoms with Crippen LogP contribution in [0.25, 0.3) is 11.1 Å². The molecule has 1 aliphatic rings. The molecule has 3 amide bonds. The summed E-state index contributed by atoms with van der Waals surface area (Å²) < 4.78 is 46.3. The van der Waals surface area contributed by atoms with E-state index in [1.54, 1.807) is 69.3 Å². The molecule has 0 saturated carbocycles. The van der Waals surface area contributed by atoms with Crippen LogP contribution in [0, 0.1) is 16.0 Å². The summed E-state index contributed by atoms with van der Waals surface area (Å²) in [7, 11) is -4.70. The summed E-state index contributed by atoms with van der Waals surface area (Å²) in [6, 6.07) is 21.4. The zero-order valence-corrected chi connectivity index (χ0v) is 34.8. The van der Waals surface area contributed by atoms with Gasteiger partial charge in [0.1, 0.15) is 40.3 Å². The number of halogens is 2. The fourth-order valence-electron chi connectivity index (χ4n) is 5.97. The van der Waals surface area contributed by atoms with E-state index in [4.69, 9.17) is 37.4 Å². The number of nitro benzene ring substituents is 1. The number of carbonyl (C=O) groups excluding carboxylic acids is 3. The van der Waals surface area contributed by atoms with Gasteiger partial charge in [-0.25, -0.2) is 17.9 Å². The highest BCUT2D eigenvalue weighted by Gasteiger charge is 2.44. The van der Waals surface area contributed by atoms with Crippen molar-refractivity contribution in [2.45, 2.75) is 76.1 Å². The molecule has 58 heavy (non-hydrogen) atoms. The van der Waals surface area contributed by atoms with Crippen LogP contribution in [0.15, 0.2) is 95.9 Å². The van der Waals surface area contributed by atoms with Gasteiger partial charge in [-0.1, -0.05) is 73.4 Å². The number of hydrogen-bond donors (Lipinski definition) is 2. The lowest BCUT2D eigenvalue weighted by Gasteiger charge is -2.28. The van der Waals surface area contributed by atoms with Crippen molar-refractivity contribution in [1.29, 1.82) is 0 Å². The molecule has 1 fully saturated rings. The molecule has 2 N–H and O–H groups in total. The molecule has 5 rings (SSSR count). The summed E-state index contributed by atoms with van der Waals surface area (Å²) in [4.78, 5) is 52.8. The Balaban J connectivity index is 1.39. The maximum absolute atomic E-state index is 14.2. The van der Waals surface area contributed by atoms with Gasteiger partial charge in [-0.2, -0.15) is 0 Å². The lowest BCUT2D eigenvalue weighted by Crippen LogP contribution is -2.55. The van der Waals surface area contributed by atoms with Gasteiger partial charge in [0.25, 0.3) is 21.6 Å². The molecule has 0 unspecified atom stereocenters. The number of sulfonamides is 1. The fourth-order valence-corrected chi connectivity index (χ4v) is 7.33. The van der Waals surface area contributed by atoms with E-state index in [1.807, 2.05) is 42.8 Å². The summed E-state index contributed by atoms with van der Waals surface area (Å²) in [5.74, 6) is -0.584. The van der Waals surface area contributed by atoms with E-state index >= 15 is 0 Å². The van der Waals surface area contributed by atoms with E-state index in [1.165, 1.54) is 4.90 Å². The zero-order chi connectivity index (χ0) is 42.4. The van der Waals surface area contributed by atoms with Gasteiger partial charge in [0, 0.05) is 23.9 Å². The van der Waals surface area contributed by atoms with E-state index in [0.717, 1.165) is 29.3 Å². The number of rotatable bonds is 14. The second kappa shape index (κ2) is 18.5. The summed E-state index contributed by atoms with van der Waals surface area (Å²) in [6.45, 7) is 9.48. The van der Waals surface area contributed by atoms with E-state index < -0.39 is 67.2 Å². The van der Waals surface area contributed by atoms with Gasteiger partial charge >= 0.3 is 6.09 Å². The first-order valence-electron chi connectivity index (χ1n) is 18.3. The number of nitrogens with zero attached hydrogens (tertiary/aromatic N) is 2. The van der Waals surface area contributed by atoms with E-state index in [-0.39, 0.29) is 30.3 Å². The van der Waals surface area contributed by atoms with Crippen molar-refractivity contribution >= 4 is 56.8 Å². The Kier molecular flexibility index (Phi) is 13.9. The van der Waals surface area contributed by atoms with Crippen molar-refractivity contribution in [1.82, 2.24) is 14.9 Å². The van der Waals surface area contributed by atoms with Gasteiger partial charge in [-0.3, -0.25) is 24.6 Å². The van der Waals surface area contributed by atoms with Crippen molar-refractivity contribution in [3.8, 4) is 22.6 Å². The third kappa shape index (κ3) is 11.8. The Morgan fingerprint density at radius 2 is 1.52 bits per heavy atom. The molecule has 0 spiro atoms. The highest BCUT2D eigenvalue weighted by atomic mass is 35.5. The molecule has 0 bridgehead atoms. The third-order valence-corrected chi connectivity index (χ3v) is 10.7. The largest absolute Gasteiger partial charge is 0.493 e. The van der Waals surface area contributed by atoms with Crippen LogP contribution in [0.2, 0.25) is 10.0 Å². The molecule has 4 aromatic carbocycles. The molecule has 17 heteroatoms. The van der Waals surface area contributed by atoms with Crippen LogP contribution in [-0.2, 0) is 30.8 Å². The molecule has 3 atom stereocenters. The van der Waals surface area contributed by atoms with Gasteiger partial charge in [-0.05, 0) is 91.9 Å². The second-order valence-electron chi connectivity index (χ2n) is 15.1. The molecule has 4 aromatic rings. The minimum atomic E-state index is -4.70. The molecule has 14 nitrogen and oxygen atoms in total. The smallest absolute Gasteiger partial charge is 0.411 e. The predicted molar refractivity (Wildman–Crippen MR) is 218 cm³/mol. The van der Waals surface area contributed by atoms with Crippen molar-refractivity contribution < 1.29 is 41.9 Å². The first-order chi connectivity index (χ1) is 27.3. The number of nitro groups is 1. The lowest BCUT2D eigenvalue weighted by atomic mass is 10.0. The molecule has 0 aromatic heterocycles. The van der Waals surface area contributed by atoms with E-state index in [2.05, 4.69) is 5.32 Å². The minimum absolute atomic E-state index is 0.00692. The number of benzene rings is 4. The number of hydrogen-bond acceptors (Lipinski definition) is 10. The Morgan fingerprint density at radius 1 is 0.914 bits per heavy atom. The Morgan fingerprint density at radius 3 is 2.10 bits per heavy atom. The molecular weight excluding hydrogens is 811 g/mol. The van der Waals surface area contributed by atoms with Gasteiger partial charge in [0.05, 0.1) is 23.0 Å². The minimum Gasteiger partial charge on any atom is -0.493 e. The molecule has 0 radical (unpaired) electrons. The van der Waals surface area contributed by atoms with E-state index in [0.29, 0.717) is 28.7 Å². The van der Waals surface area contributed by atoms with Crippen molar-refractivity contribution in [3.63, 3.8) is 0 Å². The number of likely N-dealkylation sites (tertiary alicyclic amines) is 1. The molecule has 308 valence electrons. The number of carbonyl (C=O) groups is 3. The summed E-state index contributed by atoms with van der Waals surface area (Å²) >= 11 is 11.9. The first kappa shape index (κ1) is 43.7. The molecule has 1 saturated heterocycles. The van der Waals surface area contributed by atoms with Gasteiger partial charge in [0.15, 0.2) is 0 Å². The van der Waals surface area contributed by atoms with Crippen LogP contribution in [0.5, 0.6) is 11.5 Å². The van der Waals surface area contributed by atoms with Crippen molar-refractivity contribution in [3.05, 3.63) is 117 Å². The normalized spacial score (nSPS) is 16.0. The number of nitrogens with one attached hydrogen (secondary N) is 2. The van der Waals surface area contributed by atoms with E-state index in [9.17, 15) is 32.9 Å². The van der Waals surface area contributed by atoms with Crippen LogP contribution < -0.4 is 19.5 Å². The summed E-state index contributed by atoms with van der Waals surface area (Å²) in [5, 5.41) is 14.4. The van der Waals surface area contributed by atoms with Crippen LogP contribution in [-0.4, -0.2) is 73.1 Å².